The number of fused-ring (bicyclic) bond motifs is 1. The van der Waals surface area contributed by atoms with Gasteiger partial charge >= 0.3 is 6.03 Å². The Morgan fingerprint density at radius 1 is 1.24 bits per heavy atom. The Balaban J connectivity index is 1.82. The van der Waals surface area contributed by atoms with E-state index in [-0.39, 0.29) is 22.9 Å². The molecule has 0 radical (unpaired) electrons. The quantitative estimate of drug-likeness (QED) is 0.690. The summed E-state index contributed by atoms with van der Waals surface area (Å²) in [7, 11) is 3.08. The molecule has 25 heavy (non-hydrogen) atoms. The summed E-state index contributed by atoms with van der Waals surface area (Å²) in [4.78, 5) is 38.9. The Labute approximate surface area is 152 Å². The summed E-state index contributed by atoms with van der Waals surface area (Å²) in [6.45, 7) is 1.25. The number of rotatable bonds is 3. The second-order valence-corrected chi connectivity index (χ2v) is 6.65. The zero-order valence-electron chi connectivity index (χ0n) is 13.6. The fourth-order valence-corrected chi connectivity index (χ4v) is 3.61. The predicted molar refractivity (Wildman–Crippen MR) is 95.4 cm³/mol. The van der Waals surface area contributed by atoms with E-state index in [1.807, 2.05) is 4.90 Å². The number of nitrogens with one attached hydrogen (secondary N) is 3. The minimum atomic E-state index is -0.321. The van der Waals surface area contributed by atoms with E-state index in [1.165, 1.54) is 18.4 Å². The number of halogens is 1. The van der Waals surface area contributed by atoms with Crippen molar-refractivity contribution >= 4 is 45.8 Å². The van der Waals surface area contributed by atoms with Crippen LogP contribution in [-0.2, 0) is 13.0 Å². The fraction of sp³-hybridized carbons (Fsp3) is 0.357. The first-order valence-corrected chi connectivity index (χ1v) is 8.68. The molecule has 0 atom stereocenters. The van der Waals surface area contributed by atoms with E-state index in [1.54, 1.807) is 13.1 Å². The van der Waals surface area contributed by atoms with Gasteiger partial charge in [-0.3, -0.25) is 10.1 Å². The van der Waals surface area contributed by atoms with Crippen molar-refractivity contribution in [2.24, 2.45) is 0 Å². The zero-order valence-corrected chi connectivity index (χ0v) is 15.2. The first-order valence-electron chi connectivity index (χ1n) is 7.49. The Morgan fingerprint density at radius 3 is 2.76 bits per heavy atom. The van der Waals surface area contributed by atoms with Gasteiger partial charge in [-0.25, -0.2) is 19.7 Å². The van der Waals surface area contributed by atoms with Gasteiger partial charge in [0.15, 0.2) is 5.13 Å². The highest BCUT2D eigenvalue weighted by Crippen LogP contribution is 2.30. The Kier molecular flexibility index (Phi) is 5.00. The van der Waals surface area contributed by atoms with Crippen LogP contribution in [-0.4, -0.2) is 47.5 Å². The Hall–Kier alpha value is -2.46. The maximum atomic E-state index is 11.8. The average molecular weight is 382 g/mol. The third-order valence-electron chi connectivity index (χ3n) is 3.65. The van der Waals surface area contributed by atoms with Crippen LogP contribution in [0.25, 0.3) is 0 Å². The van der Waals surface area contributed by atoms with Crippen molar-refractivity contribution < 1.29 is 9.59 Å². The molecule has 3 amide bonds. The second-order valence-electron chi connectivity index (χ2n) is 5.22. The summed E-state index contributed by atoms with van der Waals surface area (Å²) in [6.07, 6.45) is 0.707. The lowest BCUT2D eigenvalue weighted by molar-refractivity contribution is 0.0958. The third-order valence-corrected chi connectivity index (χ3v) is 4.81. The topological polar surface area (TPSA) is 112 Å². The van der Waals surface area contributed by atoms with E-state index in [4.69, 9.17) is 11.6 Å². The normalized spacial score (nSPS) is 13.2. The van der Waals surface area contributed by atoms with E-state index in [2.05, 4.69) is 30.9 Å². The molecule has 3 N–H and O–H groups in total. The van der Waals surface area contributed by atoms with Crippen molar-refractivity contribution in [3.05, 3.63) is 27.6 Å². The Morgan fingerprint density at radius 2 is 2.04 bits per heavy atom. The van der Waals surface area contributed by atoms with Gasteiger partial charge in [-0.15, -0.1) is 0 Å². The van der Waals surface area contributed by atoms with E-state index in [9.17, 15) is 9.59 Å². The van der Waals surface area contributed by atoms with Crippen LogP contribution in [0.3, 0.4) is 0 Å². The van der Waals surface area contributed by atoms with Gasteiger partial charge in [-0.2, -0.15) is 0 Å². The minimum Gasteiger partial charge on any atom is -0.354 e. The molecule has 3 rings (SSSR count). The Bertz CT molecular complexity index is 826. The maximum Gasteiger partial charge on any atom is 0.320 e. The molecule has 9 nitrogen and oxygen atoms in total. The SMILES string of the molecule is CNC(=O)Nc1nc2c(s1)CN(c1cc(C(=O)NC)nc(Cl)n1)CC2. The molecule has 3 heterocycles. The van der Waals surface area contributed by atoms with Crippen molar-refractivity contribution in [2.75, 3.05) is 30.9 Å². The van der Waals surface area contributed by atoms with Crippen LogP contribution >= 0.6 is 22.9 Å². The fourth-order valence-electron chi connectivity index (χ4n) is 2.42. The summed E-state index contributed by atoms with van der Waals surface area (Å²) in [5.74, 6) is 0.261. The number of aromatic nitrogens is 3. The molecule has 0 spiro atoms. The summed E-state index contributed by atoms with van der Waals surface area (Å²) in [5, 5.41) is 8.27. The largest absolute Gasteiger partial charge is 0.354 e. The van der Waals surface area contributed by atoms with Crippen LogP contribution in [0, 0.1) is 0 Å². The van der Waals surface area contributed by atoms with Crippen LogP contribution in [0.1, 0.15) is 21.1 Å². The van der Waals surface area contributed by atoms with Crippen LogP contribution in [0.5, 0.6) is 0 Å². The minimum absolute atomic E-state index is 0.0215. The van der Waals surface area contributed by atoms with Crippen LogP contribution in [0.15, 0.2) is 6.07 Å². The molecule has 2 aromatic heterocycles. The third kappa shape index (κ3) is 3.80. The molecule has 0 bridgehead atoms. The van der Waals surface area contributed by atoms with Crippen molar-refractivity contribution in [1.29, 1.82) is 0 Å². The average Bonchev–Trinajstić information content (AvgIpc) is 3.01. The number of anilines is 2. The number of urea groups is 1. The number of hydrogen-bond donors (Lipinski definition) is 3. The zero-order chi connectivity index (χ0) is 18.0. The van der Waals surface area contributed by atoms with Crippen LogP contribution < -0.4 is 20.9 Å². The molecule has 0 saturated heterocycles. The number of carbonyl (C=O) groups excluding carboxylic acids is 2. The van der Waals surface area contributed by atoms with Gasteiger partial charge in [0.25, 0.3) is 5.91 Å². The summed E-state index contributed by atoms with van der Waals surface area (Å²) in [6, 6.07) is 1.31. The van der Waals surface area contributed by atoms with E-state index in [0.29, 0.717) is 30.5 Å². The number of amides is 3. The molecule has 132 valence electrons. The van der Waals surface area contributed by atoms with E-state index >= 15 is 0 Å². The molecule has 0 unspecified atom stereocenters. The number of nitrogens with zero attached hydrogens (tertiary/aromatic N) is 4. The molecule has 0 aromatic carbocycles. The molecular formula is C14H16ClN7O2S. The molecule has 1 aliphatic rings. The van der Waals surface area contributed by atoms with Gasteiger partial charge in [0.05, 0.1) is 12.2 Å². The monoisotopic (exact) mass is 381 g/mol. The lowest BCUT2D eigenvalue weighted by Gasteiger charge is -2.27. The first kappa shape index (κ1) is 17.4. The molecule has 11 heteroatoms. The van der Waals surface area contributed by atoms with Crippen molar-refractivity contribution in [3.63, 3.8) is 0 Å². The summed E-state index contributed by atoms with van der Waals surface area (Å²) >= 11 is 7.37. The number of thiazole rings is 1. The molecule has 1 aliphatic heterocycles. The molecule has 0 saturated carbocycles. The smallest absolute Gasteiger partial charge is 0.320 e. The highest BCUT2D eigenvalue weighted by Gasteiger charge is 2.23. The predicted octanol–water partition coefficient (Wildman–Crippen LogP) is 1.26. The molecular weight excluding hydrogens is 366 g/mol. The number of carbonyl (C=O) groups is 2. The van der Waals surface area contributed by atoms with Crippen LogP contribution in [0.4, 0.5) is 15.7 Å². The van der Waals surface area contributed by atoms with Gasteiger partial charge < -0.3 is 15.5 Å². The lowest BCUT2D eigenvalue weighted by Crippen LogP contribution is -2.31. The number of hydrogen-bond acceptors (Lipinski definition) is 7. The van der Waals surface area contributed by atoms with Crippen molar-refractivity contribution in [3.8, 4) is 0 Å². The van der Waals surface area contributed by atoms with Gasteiger partial charge in [-0.05, 0) is 11.6 Å². The highest BCUT2D eigenvalue weighted by atomic mass is 35.5. The van der Waals surface area contributed by atoms with E-state index in [0.717, 1.165) is 10.6 Å². The van der Waals surface area contributed by atoms with Crippen LogP contribution in [0.2, 0.25) is 5.28 Å². The van der Waals surface area contributed by atoms with Gasteiger partial charge in [-0.1, -0.05) is 11.3 Å². The first-order chi connectivity index (χ1) is 12.0. The van der Waals surface area contributed by atoms with E-state index < -0.39 is 0 Å². The lowest BCUT2D eigenvalue weighted by atomic mass is 10.2. The molecule has 0 aliphatic carbocycles. The van der Waals surface area contributed by atoms with Gasteiger partial charge in [0.2, 0.25) is 5.28 Å². The molecule has 0 fully saturated rings. The summed E-state index contributed by atoms with van der Waals surface area (Å²) in [5.41, 5.74) is 1.17. The van der Waals surface area contributed by atoms with Gasteiger partial charge in [0.1, 0.15) is 11.5 Å². The maximum absolute atomic E-state index is 11.8. The van der Waals surface area contributed by atoms with Crippen molar-refractivity contribution in [1.82, 2.24) is 25.6 Å². The van der Waals surface area contributed by atoms with Crippen molar-refractivity contribution in [2.45, 2.75) is 13.0 Å². The standard InChI is InChI=1S/C14H16ClN7O2S/c1-16-11(23)8-5-10(20-12(15)18-8)22-4-3-7-9(6-22)25-14(19-7)21-13(24)17-2/h5H,3-4,6H2,1-2H3,(H,16,23)(H2,17,19,21,24). The van der Waals surface area contributed by atoms with Gasteiger partial charge in [0, 0.05) is 38.0 Å². The highest BCUT2D eigenvalue weighted by molar-refractivity contribution is 7.15. The molecule has 2 aromatic rings. The summed E-state index contributed by atoms with van der Waals surface area (Å²) < 4.78 is 0. The second kappa shape index (κ2) is 7.19.